The number of rotatable bonds is 2. The SMILES string of the molecule is Cc1ccccc1N1c2cccc(S(=O)(=O)O)c2C(C)(C)C1C. The normalized spacial score (nSPS) is 19.7. The van der Waals surface area contributed by atoms with Gasteiger partial charge in [0.25, 0.3) is 10.1 Å². The molecule has 4 nitrogen and oxygen atoms in total. The van der Waals surface area contributed by atoms with E-state index in [-0.39, 0.29) is 10.9 Å². The van der Waals surface area contributed by atoms with Gasteiger partial charge in [0.1, 0.15) is 0 Å². The minimum Gasteiger partial charge on any atom is -0.337 e. The van der Waals surface area contributed by atoms with Crippen LogP contribution in [0.5, 0.6) is 0 Å². The fourth-order valence-corrected chi connectivity index (χ4v) is 4.37. The fraction of sp³-hybridized carbons (Fsp3) is 0.333. The first-order valence-corrected chi connectivity index (χ1v) is 9.05. The Kier molecular flexibility index (Phi) is 3.54. The first-order chi connectivity index (χ1) is 10.7. The van der Waals surface area contributed by atoms with Gasteiger partial charge in [-0.1, -0.05) is 38.1 Å². The molecule has 1 heterocycles. The van der Waals surface area contributed by atoms with E-state index in [9.17, 15) is 13.0 Å². The lowest BCUT2D eigenvalue weighted by atomic mass is 9.81. The van der Waals surface area contributed by atoms with Crippen molar-refractivity contribution in [3.8, 4) is 0 Å². The first kappa shape index (κ1) is 16.0. The summed E-state index contributed by atoms with van der Waals surface area (Å²) in [6.45, 7) is 8.16. The van der Waals surface area contributed by atoms with Crippen molar-refractivity contribution >= 4 is 21.5 Å². The van der Waals surface area contributed by atoms with Gasteiger partial charge < -0.3 is 4.90 Å². The molecule has 2 aromatic rings. The Morgan fingerprint density at radius 2 is 1.65 bits per heavy atom. The Labute approximate surface area is 137 Å². The van der Waals surface area contributed by atoms with Crippen molar-refractivity contribution in [1.82, 2.24) is 0 Å². The summed E-state index contributed by atoms with van der Waals surface area (Å²) in [5.74, 6) is 0. The molecule has 3 rings (SSSR count). The van der Waals surface area contributed by atoms with Gasteiger partial charge in [0.15, 0.2) is 0 Å². The predicted octanol–water partition coefficient (Wildman–Crippen LogP) is 4.06. The summed E-state index contributed by atoms with van der Waals surface area (Å²) in [6, 6.07) is 13.2. The molecule has 1 atom stereocenters. The molecule has 0 spiro atoms. The molecule has 0 fully saturated rings. The van der Waals surface area contributed by atoms with E-state index in [2.05, 4.69) is 11.8 Å². The van der Waals surface area contributed by atoms with Gasteiger partial charge in [-0.25, -0.2) is 0 Å². The number of hydrogen-bond donors (Lipinski definition) is 1. The Hall–Kier alpha value is -1.85. The monoisotopic (exact) mass is 331 g/mol. The van der Waals surface area contributed by atoms with Gasteiger partial charge in [0.2, 0.25) is 0 Å². The molecule has 1 aliphatic rings. The summed E-state index contributed by atoms with van der Waals surface area (Å²) in [5, 5.41) is 0. The second-order valence-corrected chi connectivity index (χ2v) is 8.07. The van der Waals surface area contributed by atoms with Gasteiger partial charge in [-0.05, 0) is 37.6 Å². The van der Waals surface area contributed by atoms with Gasteiger partial charge in [-0.2, -0.15) is 8.42 Å². The molecule has 1 N–H and O–H groups in total. The quantitative estimate of drug-likeness (QED) is 0.843. The van der Waals surface area contributed by atoms with Gasteiger partial charge >= 0.3 is 0 Å². The molecule has 1 unspecified atom stereocenters. The Morgan fingerprint density at radius 1 is 1.04 bits per heavy atom. The summed E-state index contributed by atoms with van der Waals surface area (Å²) in [5.41, 5.74) is 3.29. The lowest BCUT2D eigenvalue weighted by Crippen LogP contribution is -2.36. The largest absolute Gasteiger partial charge is 0.337 e. The first-order valence-electron chi connectivity index (χ1n) is 7.61. The Morgan fingerprint density at radius 3 is 2.26 bits per heavy atom. The number of para-hydroxylation sites is 1. The summed E-state index contributed by atoms with van der Waals surface area (Å²) < 4.78 is 33.3. The number of hydrogen-bond acceptors (Lipinski definition) is 3. The summed E-state index contributed by atoms with van der Waals surface area (Å²) in [7, 11) is -4.26. The summed E-state index contributed by atoms with van der Waals surface area (Å²) >= 11 is 0. The Bertz CT molecular complexity index is 872. The van der Waals surface area contributed by atoms with Gasteiger partial charge in [-0.15, -0.1) is 0 Å². The van der Waals surface area contributed by atoms with Crippen LogP contribution in [0.1, 0.15) is 31.9 Å². The highest BCUT2D eigenvalue weighted by Crippen LogP contribution is 2.51. The van der Waals surface area contributed by atoms with E-state index in [0.717, 1.165) is 16.9 Å². The van der Waals surface area contributed by atoms with Crippen LogP contribution in [-0.2, 0) is 15.5 Å². The third-order valence-electron chi connectivity index (χ3n) is 4.99. The van der Waals surface area contributed by atoms with Crippen LogP contribution in [-0.4, -0.2) is 19.0 Å². The van der Waals surface area contributed by atoms with Gasteiger partial charge in [0, 0.05) is 28.4 Å². The van der Waals surface area contributed by atoms with E-state index in [4.69, 9.17) is 0 Å². The molecule has 2 aromatic carbocycles. The van der Waals surface area contributed by atoms with E-state index >= 15 is 0 Å². The zero-order chi connectivity index (χ0) is 17.0. The molecule has 0 aliphatic carbocycles. The van der Waals surface area contributed by atoms with Crippen LogP contribution in [0.15, 0.2) is 47.4 Å². The predicted molar refractivity (Wildman–Crippen MR) is 92.1 cm³/mol. The number of aryl methyl sites for hydroxylation is 1. The molecule has 23 heavy (non-hydrogen) atoms. The van der Waals surface area contributed by atoms with E-state index in [1.54, 1.807) is 6.07 Å². The number of fused-ring (bicyclic) bond motifs is 1. The molecule has 0 radical (unpaired) electrons. The summed E-state index contributed by atoms with van der Waals surface area (Å²) in [6.07, 6.45) is 0. The van der Waals surface area contributed by atoms with Crippen molar-refractivity contribution in [3.05, 3.63) is 53.6 Å². The lowest BCUT2D eigenvalue weighted by Gasteiger charge is -2.32. The zero-order valence-electron chi connectivity index (χ0n) is 13.7. The van der Waals surface area contributed by atoms with Crippen molar-refractivity contribution in [3.63, 3.8) is 0 Å². The van der Waals surface area contributed by atoms with Crippen LogP contribution in [0.3, 0.4) is 0 Å². The van der Waals surface area contributed by atoms with Crippen molar-refractivity contribution in [2.75, 3.05) is 4.90 Å². The number of nitrogens with zero attached hydrogens (tertiary/aromatic N) is 1. The standard InChI is InChI=1S/C18H21NO3S/c1-12-8-5-6-9-14(12)19-13(2)18(3,4)17-15(19)10-7-11-16(17)23(20,21)22/h5-11,13H,1-4H3,(H,20,21,22). The van der Waals surface area contributed by atoms with Crippen LogP contribution < -0.4 is 4.90 Å². The minimum atomic E-state index is -4.26. The van der Waals surface area contributed by atoms with Crippen molar-refractivity contribution in [2.45, 2.75) is 44.0 Å². The Balaban J connectivity index is 2.33. The highest BCUT2D eigenvalue weighted by Gasteiger charge is 2.45. The second kappa shape index (κ2) is 5.08. The smallest absolute Gasteiger partial charge is 0.294 e. The zero-order valence-corrected chi connectivity index (χ0v) is 14.6. The van der Waals surface area contributed by atoms with Crippen LogP contribution in [0.25, 0.3) is 0 Å². The maximum Gasteiger partial charge on any atom is 0.294 e. The highest BCUT2D eigenvalue weighted by molar-refractivity contribution is 7.85. The molecular formula is C18H21NO3S. The van der Waals surface area contributed by atoms with Gasteiger partial charge in [0.05, 0.1) is 4.90 Å². The molecule has 0 saturated carbocycles. The van der Waals surface area contributed by atoms with Crippen molar-refractivity contribution in [2.24, 2.45) is 0 Å². The van der Waals surface area contributed by atoms with Crippen molar-refractivity contribution in [1.29, 1.82) is 0 Å². The molecule has 5 heteroatoms. The van der Waals surface area contributed by atoms with Crippen LogP contribution in [0.2, 0.25) is 0 Å². The van der Waals surface area contributed by atoms with Crippen LogP contribution in [0, 0.1) is 6.92 Å². The molecule has 0 saturated heterocycles. The van der Waals surface area contributed by atoms with Crippen molar-refractivity contribution < 1.29 is 13.0 Å². The maximum atomic E-state index is 11.8. The third kappa shape index (κ3) is 2.35. The number of anilines is 2. The molecule has 0 aromatic heterocycles. The van der Waals surface area contributed by atoms with E-state index in [1.165, 1.54) is 6.07 Å². The fourth-order valence-electron chi connectivity index (χ4n) is 3.50. The topological polar surface area (TPSA) is 57.6 Å². The summed E-state index contributed by atoms with van der Waals surface area (Å²) in [4.78, 5) is 2.17. The van der Waals surface area contributed by atoms with E-state index in [0.29, 0.717) is 5.56 Å². The van der Waals surface area contributed by atoms with E-state index in [1.807, 2.05) is 51.1 Å². The number of benzene rings is 2. The van der Waals surface area contributed by atoms with E-state index < -0.39 is 15.5 Å². The lowest BCUT2D eigenvalue weighted by molar-refractivity contribution is 0.445. The molecule has 1 aliphatic heterocycles. The molecule has 0 amide bonds. The minimum absolute atomic E-state index is 0.00272. The molecular weight excluding hydrogens is 310 g/mol. The molecule has 0 bridgehead atoms. The van der Waals surface area contributed by atoms with Gasteiger partial charge in [-0.3, -0.25) is 4.55 Å². The van der Waals surface area contributed by atoms with Crippen LogP contribution >= 0.6 is 0 Å². The second-order valence-electron chi connectivity index (χ2n) is 6.68. The average Bonchev–Trinajstić information content (AvgIpc) is 2.67. The average molecular weight is 331 g/mol. The van der Waals surface area contributed by atoms with Crippen LogP contribution in [0.4, 0.5) is 11.4 Å². The maximum absolute atomic E-state index is 11.8. The molecule has 122 valence electrons. The highest BCUT2D eigenvalue weighted by atomic mass is 32.2. The third-order valence-corrected chi connectivity index (χ3v) is 5.89.